The van der Waals surface area contributed by atoms with Crippen LogP contribution in [-0.4, -0.2) is 49.8 Å². The molecule has 1 aromatic rings. The van der Waals surface area contributed by atoms with Gasteiger partial charge in [-0.15, -0.1) is 11.8 Å². The topological polar surface area (TPSA) is 38.8 Å². The third kappa shape index (κ3) is 3.04. The van der Waals surface area contributed by atoms with Gasteiger partial charge in [0.05, 0.1) is 12.6 Å². The predicted molar refractivity (Wildman–Crippen MR) is 107 cm³/mol. The first-order chi connectivity index (χ1) is 13.3. The maximum Gasteiger partial charge on any atom is 0.320 e. The van der Waals surface area contributed by atoms with Gasteiger partial charge in [0.15, 0.2) is 0 Å². The Balaban J connectivity index is 1.36. The van der Waals surface area contributed by atoms with Crippen molar-refractivity contribution in [3.05, 3.63) is 47.5 Å². The van der Waals surface area contributed by atoms with E-state index in [0.717, 1.165) is 13.1 Å². The average molecular weight is 386 g/mol. The van der Waals surface area contributed by atoms with Crippen molar-refractivity contribution in [2.75, 3.05) is 26.7 Å². The van der Waals surface area contributed by atoms with Crippen LogP contribution < -0.4 is 0 Å². The van der Waals surface area contributed by atoms with E-state index in [4.69, 9.17) is 9.47 Å². The van der Waals surface area contributed by atoms with E-state index in [-0.39, 0.29) is 18.2 Å². The molecule has 6 atom stereocenters. The van der Waals surface area contributed by atoms with E-state index >= 15 is 0 Å². The quantitative estimate of drug-likeness (QED) is 0.583. The highest BCUT2D eigenvalue weighted by molar-refractivity contribution is 8.00. The molecule has 1 aliphatic carbocycles. The highest BCUT2D eigenvalue weighted by Crippen LogP contribution is 2.69. The molecule has 2 bridgehead atoms. The van der Waals surface area contributed by atoms with Crippen molar-refractivity contribution < 1.29 is 14.3 Å². The van der Waals surface area contributed by atoms with E-state index in [9.17, 15) is 4.79 Å². The third-order valence-corrected chi connectivity index (χ3v) is 8.36. The molecule has 2 fully saturated rings. The van der Waals surface area contributed by atoms with Crippen molar-refractivity contribution in [1.29, 1.82) is 0 Å². The predicted octanol–water partition coefficient (Wildman–Crippen LogP) is 3.74. The zero-order valence-electron chi connectivity index (χ0n) is 15.8. The van der Waals surface area contributed by atoms with Crippen LogP contribution in [-0.2, 0) is 14.3 Å². The smallest absolute Gasteiger partial charge is 0.320 e. The Morgan fingerprint density at radius 2 is 1.67 bits per heavy atom. The lowest BCUT2D eigenvalue weighted by Crippen LogP contribution is -2.44. The molecule has 1 aromatic carbocycles. The highest BCUT2D eigenvalue weighted by atomic mass is 32.2. The van der Waals surface area contributed by atoms with Crippen LogP contribution in [0.4, 0.5) is 0 Å². The first-order valence-electron chi connectivity index (χ1n) is 10.1. The molecule has 0 amide bonds. The van der Waals surface area contributed by atoms with Gasteiger partial charge in [0.1, 0.15) is 6.10 Å². The molecule has 3 aliphatic heterocycles. The lowest BCUT2D eigenvalue weighted by atomic mass is 9.68. The fourth-order valence-corrected chi connectivity index (χ4v) is 7.51. The summed E-state index contributed by atoms with van der Waals surface area (Å²) >= 11 is 2.03. The molecule has 4 aliphatic rings. The number of hydrogen-bond acceptors (Lipinski definition) is 5. The molecule has 3 heterocycles. The summed E-state index contributed by atoms with van der Waals surface area (Å²) in [6, 6.07) is 8.76. The molecular weight excluding hydrogens is 358 g/mol. The number of hydrogen-bond donors (Lipinski definition) is 0. The van der Waals surface area contributed by atoms with Gasteiger partial charge in [-0.25, -0.2) is 0 Å². The minimum absolute atomic E-state index is 0.0813. The molecule has 5 heteroatoms. The molecule has 0 unspecified atom stereocenters. The Bertz CT molecular complexity index is 745. The van der Waals surface area contributed by atoms with Crippen LogP contribution in [0.25, 0.3) is 0 Å². The van der Waals surface area contributed by atoms with Crippen molar-refractivity contribution in [2.45, 2.75) is 42.0 Å². The van der Waals surface area contributed by atoms with Gasteiger partial charge in [-0.1, -0.05) is 36.8 Å². The third-order valence-electron chi connectivity index (χ3n) is 6.64. The monoisotopic (exact) mass is 385 g/mol. The highest BCUT2D eigenvalue weighted by Gasteiger charge is 2.58. The molecule has 0 N–H and O–H groups in total. The molecule has 0 aromatic heterocycles. The van der Waals surface area contributed by atoms with Gasteiger partial charge in [0.25, 0.3) is 0 Å². The zero-order valence-corrected chi connectivity index (χ0v) is 16.6. The van der Waals surface area contributed by atoms with E-state index in [2.05, 4.69) is 41.3 Å². The summed E-state index contributed by atoms with van der Waals surface area (Å²) in [7, 11) is 1.79. The van der Waals surface area contributed by atoms with Gasteiger partial charge >= 0.3 is 5.97 Å². The van der Waals surface area contributed by atoms with Crippen LogP contribution in [0.5, 0.6) is 0 Å². The normalized spacial score (nSPS) is 37.1. The number of ether oxygens (including phenoxy) is 2. The zero-order chi connectivity index (χ0) is 18.4. The number of fused-ring (bicyclic) bond motifs is 8. The number of rotatable bonds is 4. The van der Waals surface area contributed by atoms with Crippen LogP contribution in [0.3, 0.4) is 0 Å². The van der Waals surface area contributed by atoms with Crippen LogP contribution in [0.2, 0.25) is 0 Å². The van der Waals surface area contributed by atoms with E-state index in [1.165, 1.54) is 30.4 Å². The number of esters is 1. The van der Waals surface area contributed by atoms with Gasteiger partial charge < -0.3 is 9.47 Å². The Hall–Kier alpha value is -1.30. The van der Waals surface area contributed by atoms with Crippen molar-refractivity contribution in [3.63, 3.8) is 0 Å². The first kappa shape index (κ1) is 17.8. The Labute approximate surface area is 165 Å². The van der Waals surface area contributed by atoms with Crippen LogP contribution in [0.15, 0.2) is 36.4 Å². The number of thioether (sulfide) groups is 1. The standard InChI is InChI=1S/C22H27NO3S/c1-25-16-9-10-17(26-18(24)13-23-11-5-2-6-12-23)20-19(16)21-14-7-3-4-8-15(14)22(20)27-21/h3-4,7-10,16-17,19-22H,2,5-6,11-13H2,1H3/t16-,17+,19-,20+,21-,22+/m0/s1. The van der Waals surface area contributed by atoms with Gasteiger partial charge in [-0.2, -0.15) is 0 Å². The number of carbonyl (C=O) groups excluding carboxylic acids is 1. The fraction of sp³-hybridized carbons (Fsp3) is 0.591. The van der Waals surface area contributed by atoms with E-state index in [1.54, 1.807) is 7.11 Å². The molecule has 4 nitrogen and oxygen atoms in total. The van der Waals surface area contributed by atoms with E-state index < -0.39 is 0 Å². The van der Waals surface area contributed by atoms with E-state index in [0.29, 0.717) is 28.9 Å². The number of carbonyl (C=O) groups is 1. The van der Waals surface area contributed by atoms with Crippen molar-refractivity contribution in [1.82, 2.24) is 4.90 Å². The van der Waals surface area contributed by atoms with E-state index in [1.807, 2.05) is 11.8 Å². The SMILES string of the molecule is CO[C@H]1C=C[C@@H](OC(=O)CN2CCCCC2)[C@@H]2[C@H]1[C@H]1S[C@@H]2c2ccccc21. The average Bonchev–Trinajstić information content (AvgIpc) is 3.27. The van der Waals surface area contributed by atoms with Crippen molar-refractivity contribution >= 4 is 17.7 Å². The molecular formula is C22H27NO3S. The van der Waals surface area contributed by atoms with Crippen LogP contribution in [0, 0.1) is 11.8 Å². The Kier molecular flexibility index (Phi) is 4.78. The molecule has 27 heavy (non-hydrogen) atoms. The first-order valence-corrected chi connectivity index (χ1v) is 11.1. The second kappa shape index (κ2) is 7.26. The second-order valence-electron chi connectivity index (χ2n) is 8.14. The Morgan fingerprint density at radius 1 is 1.04 bits per heavy atom. The lowest BCUT2D eigenvalue weighted by Gasteiger charge is -2.41. The van der Waals surface area contributed by atoms with Crippen molar-refractivity contribution in [3.8, 4) is 0 Å². The number of piperidine rings is 1. The number of likely N-dealkylation sites (tertiary alicyclic amines) is 1. The van der Waals surface area contributed by atoms with Crippen molar-refractivity contribution in [2.24, 2.45) is 11.8 Å². The second-order valence-corrected chi connectivity index (χ2v) is 9.43. The lowest BCUT2D eigenvalue weighted by molar-refractivity contribution is -0.153. The summed E-state index contributed by atoms with van der Waals surface area (Å²) in [6.07, 6.45) is 7.80. The van der Waals surface area contributed by atoms with Gasteiger partial charge in [-0.05, 0) is 43.1 Å². The largest absolute Gasteiger partial charge is 0.457 e. The molecule has 0 radical (unpaired) electrons. The summed E-state index contributed by atoms with van der Waals surface area (Å²) in [5, 5.41) is 0.834. The molecule has 0 saturated carbocycles. The molecule has 0 spiro atoms. The Morgan fingerprint density at radius 3 is 2.33 bits per heavy atom. The maximum absolute atomic E-state index is 12.6. The van der Waals surface area contributed by atoms with Gasteiger partial charge in [-0.3, -0.25) is 9.69 Å². The maximum atomic E-state index is 12.6. The number of benzene rings is 1. The van der Waals surface area contributed by atoms with Crippen LogP contribution in [0.1, 0.15) is 40.9 Å². The molecule has 2 saturated heterocycles. The summed E-state index contributed by atoms with van der Waals surface area (Å²) in [5.41, 5.74) is 2.88. The van der Waals surface area contributed by atoms with Crippen LogP contribution >= 0.6 is 11.8 Å². The minimum Gasteiger partial charge on any atom is -0.457 e. The summed E-state index contributed by atoms with van der Waals surface area (Å²) in [4.78, 5) is 14.9. The molecule has 5 rings (SSSR count). The van der Waals surface area contributed by atoms with Gasteiger partial charge in [0, 0.05) is 29.4 Å². The summed E-state index contributed by atoms with van der Waals surface area (Å²) in [5.74, 6) is 0.593. The summed E-state index contributed by atoms with van der Waals surface area (Å²) < 4.78 is 11.8. The summed E-state index contributed by atoms with van der Waals surface area (Å²) in [6.45, 7) is 2.45. The van der Waals surface area contributed by atoms with Gasteiger partial charge in [0.2, 0.25) is 0 Å². The minimum atomic E-state index is -0.144. The molecule has 144 valence electrons. The fourth-order valence-electron chi connectivity index (χ4n) is 5.43. The number of nitrogens with zero attached hydrogens (tertiary/aromatic N) is 1. The number of methoxy groups -OCH3 is 1.